The Bertz CT molecular complexity index is 323. The van der Waals surface area contributed by atoms with E-state index in [1.165, 1.54) is 18.3 Å². The second-order valence-electron chi connectivity index (χ2n) is 2.92. The molecule has 1 unspecified atom stereocenters. The van der Waals surface area contributed by atoms with E-state index in [1.807, 2.05) is 0 Å². The Hall–Kier alpha value is -0.390. The molecule has 0 bridgehead atoms. The molecule has 1 atom stereocenters. The van der Waals surface area contributed by atoms with E-state index >= 15 is 0 Å². The third-order valence-corrected chi connectivity index (χ3v) is 3.85. The molecule has 0 aliphatic rings. The molecule has 0 aliphatic heterocycles. The van der Waals surface area contributed by atoms with E-state index < -0.39 is 18.0 Å². The highest BCUT2D eigenvalue weighted by atomic mass is 79.9. The monoisotopic (exact) mass is 264 g/mol. The zero-order chi connectivity index (χ0) is 10.1. The number of aliphatic hydroxyl groups is 1. The first-order valence-corrected chi connectivity index (χ1v) is 5.26. The van der Waals surface area contributed by atoms with Gasteiger partial charge in [0.2, 0.25) is 0 Å². The molecule has 0 saturated carbocycles. The average molecular weight is 265 g/mol. The van der Waals surface area contributed by atoms with E-state index in [-0.39, 0.29) is 0 Å². The van der Waals surface area contributed by atoms with Crippen LogP contribution in [0.3, 0.4) is 0 Å². The number of rotatable bonds is 3. The Kier molecular flexibility index (Phi) is 3.10. The predicted octanol–water partition coefficient (Wildman–Crippen LogP) is 1.85. The summed E-state index contributed by atoms with van der Waals surface area (Å²) in [6, 6.07) is 1.72. The minimum atomic E-state index is -1.18. The van der Waals surface area contributed by atoms with Gasteiger partial charge in [-0.2, -0.15) is 0 Å². The summed E-state index contributed by atoms with van der Waals surface area (Å²) in [5.41, 5.74) is -1.18. The molecule has 3 nitrogen and oxygen atoms in total. The fourth-order valence-electron chi connectivity index (χ4n) is 0.853. The summed E-state index contributed by atoms with van der Waals surface area (Å²) in [4.78, 5) is 11.5. The Balaban J connectivity index is 3.09. The standard InChI is InChI=1S/C8H9BrO3S/c1-8(4-10,7(11)12)6-2-5(9)3-13-6/h2-3,10H,4H2,1H3,(H,11,12). The second-order valence-corrected chi connectivity index (χ2v) is 4.75. The third kappa shape index (κ3) is 1.92. The maximum Gasteiger partial charge on any atom is 0.317 e. The van der Waals surface area contributed by atoms with Crippen LogP contribution in [0.25, 0.3) is 0 Å². The first kappa shape index (κ1) is 10.7. The molecule has 13 heavy (non-hydrogen) atoms. The number of hydrogen-bond donors (Lipinski definition) is 2. The molecule has 1 heterocycles. The molecule has 1 rings (SSSR count). The lowest BCUT2D eigenvalue weighted by atomic mass is 9.90. The maximum atomic E-state index is 10.9. The molecule has 72 valence electrons. The normalized spacial score (nSPS) is 15.3. The van der Waals surface area contributed by atoms with E-state index in [9.17, 15) is 4.79 Å². The number of aliphatic hydroxyl groups excluding tert-OH is 1. The largest absolute Gasteiger partial charge is 0.480 e. The van der Waals surface area contributed by atoms with Gasteiger partial charge < -0.3 is 10.2 Å². The van der Waals surface area contributed by atoms with Crippen LogP contribution in [0.1, 0.15) is 11.8 Å². The summed E-state index contributed by atoms with van der Waals surface area (Å²) in [6.45, 7) is 1.11. The van der Waals surface area contributed by atoms with E-state index in [2.05, 4.69) is 15.9 Å². The molecule has 0 saturated heterocycles. The highest BCUT2D eigenvalue weighted by Crippen LogP contribution is 2.31. The van der Waals surface area contributed by atoms with Gasteiger partial charge in [-0.15, -0.1) is 11.3 Å². The van der Waals surface area contributed by atoms with Crippen LogP contribution in [0.15, 0.2) is 15.9 Å². The number of aliphatic carboxylic acids is 1. The minimum absolute atomic E-state index is 0.394. The summed E-state index contributed by atoms with van der Waals surface area (Å²) >= 11 is 4.56. The molecule has 0 radical (unpaired) electrons. The van der Waals surface area contributed by atoms with Gasteiger partial charge in [0.1, 0.15) is 5.41 Å². The molecule has 1 aromatic rings. The van der Waals surface area contributed by atoms with Crippen molar-refractivity contribution in [3.05, 3.63) is 20.8 Å². The van der Waals surface area contributed by atoms with Gasteiger partial charge in [0.15, 0.2) is 0 Å². The minimum Gasteiger partial charge on any atom is -0.480 e. The molecule has 0 fully saturated rings. The molecule has 0 aliphatic carbocycles. The Morgan fingerprint density at radius 3 is 2.69 bits per heavy atom. The number of carboxylic acids is 1. The molecule has 0 amide bonds. The van der Waals surface area contributed by atoms with Gasteiger partial charge in [-0.25, -0.2) is 0 Å². The van der Waals surface area contributed by atoms with Gasteiger partial charge in [0.25, 0.3) is 0 Å². The van der Waals surface area contributed by atoms with Crippen molar-refractivity contribution in [2.75, 3.05) is 6.61 Å². The van der Waals surface area contributed by atoms with Crippen molar-refractivity contribution in [2.45, 2.75) is 12.3 Å². The van der Waals surface area contributed by atoms with Gasteiger partial charge >= 0.3 is 5.97 Å². The fourth-order valence-corrected chi connectivity index (χ4v) is 2.43. The lowest BCUT2D eigenvalue weighted by Crippen LogP contribution is -2.35. The Morgan fingerprint density at radius 2 is 2.38 bits per heavy atom. The van der Waals surface area contributed by atoms with Crippen molar-refractivity contribution in [3.8, 4) is 0 Å². The Labute approximate surface area is 88.1 Å². The van der Waals surface area contributed by atoms with Crippen molar-refractivity contribution in [3.63, 3.8) is 0 Å². The number of hydrogen-bond acceptors (Lipinski definition) is 3. The van der Waals surface area contributed by atoms with E-state index in [0.717, 1.165) is 4.47 Å². The summed E-state index contributed by atoms with van der Waals surface area (Å²) in [5.74, 6) is -1.01. The molecule has 5 heteroatoms. The quantitative estimate of drug-likeness (QED) is 0.876. The van der Waals surface area contributed by atoms with Gasteiger partial charge in [0.05, 0.1) is 6.61 Å². The second kappa shape index (κ2) is 3.77. The van der Waals surface area contributed by atoms with E-state index in [0.29, 0.717) is 4.88 Å². The van der Waals surface area contributed by atoms with Crippen molar-refractivity contribution < 1.29 is 15.0 Å². The maximum absolute atomic E-state index is 10.9. The summed E-state index contributed by atoms with van der Waals surface area (Å²) in [7, 11) is 0. The highest BCUT2D eigenvalue weighted by Gasteiger charge is 2.35. The van der Waals surface area contributed by atoms with Crippen LogP contribution in [-0.2, 0) is 10.2 Å². The van der Waals surface area contributed by atoms with Gasteiger partial charge in [0, 0.05) is 14.7 Å². The molecule has 2 N–H and O–H groups in total. The molecule has 1 aromatic heterocycles. The van der Waals surface area contributed by atoms with Gasteiger partial charge in [-0.3, -0.25) is 4.79 Å². The first-order chi connectivity index (χ1) is 6.00. The van der Waals surface area contributed by atoms with Crippen molar-refractivity contribution in [1.29, 1.82) is 0 Å². The van der Waals surface area contributed by atoms with Crippen molar-refractivity contribution in [1.82, 2.24) is 0 Å². The van der Waals surface area contributed by atoms with Crippen LogP contribution in [0, 0.1) is 0 Å². The average Bonchev–Trinajstić information content (AvgIpc) is 2.50. The first-order valence-electron chi connectivity index (χ1n) is 3.59. The zero-order valence-electron chi connectivity index (χ0n) is 6.95. The van der Waals surface area contributed by atoms with Crippen LogP contribution in [-0.4, -0.2) is 22.8 Å². The zero-order valence-corrected chi connectivity index (χ0v) is 9.35. The van der Waals surface area contributed by atoms with E-state index in [1.54, 1.807) is 11.4 Å². The van der Waals surface area contributed by atoms with Gasteiger partial charge in [-0.05, 0) is 28.9 Å². The lowest BCUT2D eigenvalue weighted by Gasteiger charge is -2.19. The molecular formula is C8H9BrO3S. The van der Waals surface area contributed by atoms with Crippen LogP contribution < -0.4 is 0 Å². The highest BCUT2D eigenvalue weighted by molar-refractivity contribution is 9.10. The fraction of sp³-hybridized carbons (Fsp3) is 0.375. The van der Waals surface area contributed by atoms with Crippen LogP contribution in [0.2, 0.25) is 0 Å². The van der Waals surface area contributed by atoms with Crippen LogP contribution >= 0.6 is 27.3 Å². The SMILES string of the molecule is CC(CO)(C(=O)O)c1cc(Br)cs1. The van der Waals surface area contributed by atoms with Crippen molar-refractivity contribution >= 4 is 33.2 Å². The summed E-state index contributed by atoms with van der Waals surface area (Å²) < 4.78 is 0.841. The smallest absolute Gasteiger partial charge is 0.317 e. The van der Waals surface area contributed by atoms with Crippen LogP contribution in [0.4, 0.5) is 0 Å². The van der Waals surface area contributed by atoms with E-state index in [4.69, 9.17) is 10.2 Å². The number of halogens is 1. The predicted molar refractivity (Wildman–Crippen MR) is 54.1 cm³/mol. The number of thiophene rings is 1. The number of carboxylic acid groups (broad SMARTS) is 1. The topological polar surface area (TPSA) is 57.5 Å². The number of carbonyl (C=O) groups is 1. The molecular weight excluding hydrogens is 256 g/mol. The van der Waals surface area contributed by atoms with Gasteiger partial charge in [-0.1, -0.05) is 0 Å². The van der Waals surface area contributed by atoms with Crippen molar-refractivity contribution in [2.24, 2.45) is 0 Å². The summed E-state index contributed by atoms with van der Waals surface area (Å²) in [6.07, 6.45) is 0. The molecule has 0 spiro atoms. The Morgan fingerprint density at radius 1 is 1.77 bits per heavy atom. The third-order valence-electron chi connectivity index (χ3n) is 1.90. The summed E-state index contributed by atoms with van der Waals surface area (Å²) in [5, 5.41) is 19.8. The lowest BCUT2D eigenvalue weighted by molar-refractivity contribution is -0.144. The molecule has 0 aromatic carbocycles. The van der Waals surface area contributed by atoms with Crippen LogP contribution in [0.5, 0.6) is 0 Å².